The quantitative estimate of drug-likeness (QED) is 0.795. The maximum Gasteiger partial charge on any atom is 0.233 e. The summed E-state index contributed by atoms with van der Waals surface area (Å²) in [5, 5.41) is 2.62. The second kappa shape index (κ2) is 6.99. The van der Waals surface area contributed by atoms with Crippen LogP contribution in [0.1, 0.15) is 12.8 Å². The fourth-order valence-corrected chi connectivity index (χ4v) is 4.23. The van der Waals surface area contributed by atoms with Crippen molar-refractivity contribution < 1.29 is 22.7 Å². The molecular weight excluding hydrogens is 320 g/mol. The zero-order valence-corrected chi connectivity index (χ0v) is 13.9. The van der Waals surface area contributed by atoms with Gasteiger partial charge in [-0.1, -0.05) is 6.07 Å². The van der Waals surface area contributed by atoms with Crippen molar-refractivity contribution in [1.29, 1.82) is 0 Å². The number of carbonyl (C=O) groups is 2. The Hall–Kier alpha value is -2.09. The molecule has 1 aliphatic heterocycles. The van der Waals surface area contributed by atoms with Crippen LogP contribution in [0.15, 0.2) is 24.3 Å². The zero-order chi connectivity index (χ0) is 17.0. The van der Waals surface area contributed by atoms with E-state index in [2.05, 4.69) is 5.32 Å². The van der Waals surface area contributed by atoms with Gasteiger partial charge < -0.3 is 15.0 Å². The van der Waals surface area contributed by atoms with Gasteiger partial charge in [-0.2, -0.15) is 0 Å². The monoisotopic (exact) mass is 340 g/mol. The van der Waals surface area contributed by atoms with Gasteiger partial charge in [-0.25, -0.2) is 8.42 Å². The first-order valence-electron chi connectivity index (χ1n) is 7.21. The van der Waals surface area contributed by atoms with Crippen LogP contribution in [0.5, 0.6) is 5.75 Å². The minimum absolute atomic E-state index is 0.0350. The minimum Gasteiger partial charge on any atom is -0.497 e. The first-order valence-corrected chi connectivity index (χ1v) is 9.03. The summed E-state index contributed by atoms with van der Waals surface area (Å²) in [6.07, 6.45) is 0.0896. The SMILES string of the molecule is COc1cccc(NC(=O)CC(=O)N(C)C2CCS(=O)(=O)C2)c1. The van der Waals surface area contributed by atoms with E-state index in [0.717, 1.165) is 0 Å². The number of nitrogens with zero attached hydrogens (tertiary/aromatic N) is 1. The second-order valence-corrected chi connectivity index (χ2v) is 7.75. The molecule has 2 amide bonds. The maximum atomic E-state index is 12.1. The molecule has 1 saturated heterocycles. The summed E-state index contributed by atoms with van der Waals surface area (Å²) in [6.45, 7) is 0. The smallest absolute Gasteiger partial charge is 0.233 e. The van der Waals surface area contributed by atoms with Gasteiger partial charge in [-0.3, -0.25) is 9.59 Å². The molecule has 126 valence electrons. The van der Waals surface area contributed by atoms with Crippen LogP contribution in [0.25, 0.3) is 0 Å². The Morgan fingerprint density at radius 3 is 2.74 bits per heavy atom. The summed E-state index contributed by atoms with van der Waals surface area (Å²) >= 11 is 0. The molecule has 0 spiro atoms. The Balaban J connectivity index is 1.90. The fraction of sp³-hybridized carbons (Fsp3) is 0.467. The van der Waals surface area contributed by atoms with Gasteiger partial charge in [-0.15, -0.1) is 0 Å². The maximum absolute atomic E-state index is 12.1. The topological polar surface area (TPSA) is 92.8 Å². The van der Waals surface area contributed by atoms with Gasteiger partial charge in [0.25, 0.3) is 0 Å². The summed E-state index contributed by atoms with van der Waals surface area (Å²) < 4.78 is 28.0. The van der Waals surface area contributed by atoms with Crippen LogP contribution >= 0.6 is 0 Å². The summed E-state index contributed by atoms with van der Waals surface area (Å²) in [7, 11) is -0.00977. The molecule has 0 aliphatic carbocycles. The number of nitrogens with one attached hydrogen (secondary N) is 1. The summed E-state index contributed by atoms with van der Waals surface area (Å²) in [5.74, 6) is -0.191. The second-order valence-electron chi connectivity index (χ2n) is 5.52. The van der Waals surface area contributed by atoms with Crippen molar-refractivity contribution in [2.75, 3.05) is 31.0 Å². The number of rotatable bonds is 5. The lowest BCUT2D eigenvalue weighted by atomic mass is 10.2. The van der Waals surface area contributed by atoms with E-state index in [9.17, 15) is 18.0 Å². The number of ether oxygens (including phenoxy) is 1. The fourth-order valence-electron chi connectivity index (χ4n) is 2.45. The molecule has 1 unspecified atom stereocenters. The molecule has 0 aromatic heterocycles. The Morgan fingerprint density at radius 2 is 2.13 bits per heavy atom. The van der Waals surface area contributed by atoms with Crippen molar-refractivity contribution >= 4 is 27.3 Å². The van der Waals surface area contributed by atoms with Crippen LogP contribution in [0.2, 0.25) is 0 Å². The van der Waals surface area contributed by atoms with Crippen LogP contribution in [0.3, 0.4) is 0 Å². The van der Waals surface area contributed by atoms with Crippen molar-refractivity contribution in [2.45, 2.75) is 18.9 Å². The molecule has 1 fully saturated rings. The Labute approximate surface area is 135 Å². The molecule has 7 nitrogen and oxygen atoms in total. The highest BCUT2D eigenvalue weighted by molar-refractivity contribution is 7.91. The van der Waals surface area contributed by atoms with Crippen molar-refractivity contribution in [3.63, 3.8) is 0 Å². The van der Waals surface area contributed by atoms with E-state index < -0.39 is 21.7 Å². The van der Waals surface area contributed by atoms with Gasteiger partial charge in [0, 0.05) is 24.8 Å². The van der Waals surface area contributed by atoms with E-state index in [1.807, 2.05) is 0 Å². The van der Waals surface area contributed by atoms with Crippen LogP contribution in [-0.2, 0) is 19.4 Å². The van der Waals surface area contributed by atoms with Crippen molar-refractivity contribution in [1.82, 2.24) is 4.90 Å². The van der Waals surface area contributed by atoms with Crippen LogP contribution < -0.4 is 10.1 Å². The van der Waals surface area contributed by atoms with Crippen molar-refractivity contribution in [2.24, 2.45) is 0 Å². The lowest BCUT2D eigenvalue weighted by Crippen LogP contribution is -2.39. The molecule has 1 aromatic carbocycles. The summed E-state index contributed by atoms with van der Waals surface area (Å²) in [4.78, 5) is 25.4. The summed E-state index contributed by atoms with van der Waals surface area (Å²) in [6, 6.07) is 6.46. The molecule has 0 bridgehead atoms. The molecule has 2 rings (SSSR count). The molecule has 0 saturated carbocycles. The third kappa shape index (κ3) is 4.69. The lowest BCUT2D eigenvalue weighted by Gasteiger charge is -2.23. The van der Waals surface area contributed by atoms with E-state index in [4.69, 9.17) is 4.74 Å². The molecule has 8 heteroatoms. The molecule has 1 N–H and O–H groups in total. The highest BCUT2D eigenvalue weighted by Crippen LogP contribution is 2.18. The number of hydrogen-bond acceptors (Lipinski definition) is 5. The predicted octanol–water partition coefficient (Wildman–Crippen LogP) is 0.669. The molecule has 1 aromatic rings. The van der Waals surface area contributed by atoms with Gasteiger partial charge in [0.2, 0.25) is 11.8 Å². The molecular formula is C15H20N2O5S. The third-order valence-electron chi connectivity index (χ3n) is 3.81. The molecule has 1 aliphatic rings. The van der Waals surface area contributed by atoms with E-state index >= 15 is 0 Å². The van der Waals surface area contributed by atoms with Gasteiger partial charge in [-0.05, 0) is 18.6 Å². The number of sulfone groups is 1. The normalized spacial score (nSPS) is 19.1. The molecule has 23 heavy (non-hydrogen) atoms. The first-order chi connectivity index (χ1) is 10.8. The molecule has 1 atom stereocenters. The van der Waals surface area contributed by atoms with E-state index in [0.29, 0.717) is 17.9 Å². The Kier molecular flexibility index (Phi) is 5.25. The lowest BCUT2D eigenvalue weighted by molar-refractivity contribution is -0.134. The third-order valence-corrected chi connectivity index (χ3v) is 5.57. The minimum atomic E-state index is -3.07. The highest BCUT2D eigenvalue weighted by Gasteiger charge is 2.33. The Bertz CT molecular complexity index is 702. The van der Waals surface area contributed by atoms with Crippen LogP contribution in [-0.4, -0.2) is 56.8 Å². The number of carbonyl (C=O) groups excluding carboxylic acids is 2. The van der Waals surface area contributed by atoms with Crippen molar-refractivity contribution in [3.8, 4) is 5.75 Å². The Morgan fingerprint density at radius 1 is 1.39 bits per heavy atom. The number of amides is 2. The summed E-state index contributed by atoms with van der Waals surface area (Å²) in [5.41, 5.74) is 0.535. The number of benzene rings is 1. The molecule has 0 radical (unpaired) electrons. The van der Waals surface area contributed by atoms with Gasteiger partial charge >= 0.3 is 0 Å². The van der Waals surface area contributed by atoms with E-state index in [1.54, 1.807) is 24.3 Å². The first kappa shape index (κ1) is 17.3. The van der Waals surface area contributed by atoms with E-state index in [-0.39, 0.29) is 24.0 Å². The zero-order valence-electron chi connectivity index (χ0n) is 13.1. The average molecular weight is 340 g/mol. The number of anilines is 1. The van der Waals surface area contributed by atoms with E-state index in [1.165, 1.54) is 19.1 Å². The highest BCUT2D eigenvalue weighted by atomic mass is 32.2. The van der Waals surface area contributed by atoms with Crippen LogP contribution in [0.4, 0.5) is 5.69 Å². The van der Waals surface area contributed by atoms with Crippen LogP contribution in [0, 0.1) is 0 Å². The average Bonchev–Trinajstić information content (AvgIpc) is 2.86. The largest absolute Gasteiger partial charge is 0.497 e. The number of methoxy groups -OCH3 is 1. The number of hydrogen-bond donors (Lipinski definition) is 1. The predicted molar refractivity (Wildman–Crippen MR) is 86.1 cm³/mol. The van der Waals surface area contributed by atoms with Gasteiger partial charge in [0.05, 0.1) is 18.6 Å². The van der Waals surface area contributed by atoms with Gasteiger partial charge in [0.1, 0.15) is 12.2 Å². The van der Waals surface area contributed by atoms with Crippen molar-refractivity contribution in [3.05, 3.63) is 24.3 Å². The molecule has 1 heterocycles. The standard InChI is InChI=1S/C15H20N2O5S/c1-17(12-6-7-23(20,21)10-12)15(19)9-14(18)16-11-4-3-5-13(8-11)22-2/h3-5,8,12H,6-7,9-10H2,1-2H3,(H,16,18). The van der Waals surface area contributed by atoms with Gasteiger partial charge in [0.15, 0.2) is 9.84 Å².